The molecule has 0 spiro atoms. The van der Waals surface area contributed by atoms with Crippen LogP contribution in [-0.4, -0.2) is 10.7 Å². The molecular weight excluding hydrogens is 251 g/mol. The van der Waals surface area contributed by atoms with E-state index < -0.39 is 33.7 Å². The van der Waals surface area contributed by atoms with Crippen LogP contribution in [0.3, 0.4) is 0 Å². The number of rotatable bonds is 3. The van der Waals surface area contributed by atoms with Gasteiger partial charge in [-0.05, 0) is 18.9 Å². The van der Waals surface area contributed by atoms with Crippen LogP contribution in [0.25, 0.3) is 0 Å². The van der Waals surface area contributed by atoms with E-state index in [9.17, 15) is 28.1 Å². The second-order valence-electron chi connectivity index (χ2n) is 3.69. The molecule has 0 aliphatic carbocycles. The average Bonchev–Trinajstić information content (AvgIpc) is 2.25. The largest absolute Gasteiger partial charge is 0.417 e. The van der Waals surface area contributed by atoms with Crippen molar-refractivity contribution < 1.29 is 22.9 Å². The first-order valence-electron chi connectivity index (χ1n) is 5.08. The van der Waals surface area contributed by atoms with Crippen LogP contribution in [0.15, 0.2) is 12.1 Å². The number of hydrogen-bond donors (Lipinski definition) is 0. The number of carbonyl (C=O) groups excluding carboxylic acids is 1. The van der Waals surface area contributed by atoms with Gasteiger partial charge < -0.3 is 0 Å². The molecule has 0 unspecified atom stereocenters. The summed E-state index contributed by atoms with van der Waals surface area (Å²) < 4.78 is 38.6. The standard InChI is InChI=1S/C11H10F3NO3/c1-3-7-4-8(15(17)18)5-9(6(2)16)10(7)11(12,13)14/h4-5H,3H2,1-2H3. The van der Waals surface area contributed by atoms with Gasteiger partial charge in [0.1, 0.15) is 0 Å². The summed E-state index contributed by atoms with van der Waals surface area (Å²) in [5, 5.41) is 10.6. The van der Waals surface area contributed by atoms with E-state index in [0.717, 1.165) is 13.0 Å². The minimum absolute atomic E-state index is 0.0448. The zero-order chi connectivity index (χ0) is 14.1. The number of benzene rings is 1. The van der Waals surface area contributed by atoms with Gasteiger partial charge in [0.25, 0.3) is 5.69 Å². The predicted molar refractivity (Wildman–Crippen MR) is 57.5 cm³/mol. The van der Waals surface area contributed by atoms with E-state index in [1.165, 1.54) is 6.92 Å². The molecule has 0 radical (unpaired) electrons. The molecule has 0 aliphatic heterocycles. The van der Waals surface area contributed by atoms with Gasteiger partial charge in [0.2, 0.25) is 0 Å². The molecule has 0 N–H and O–H groups in total. The molecule has 0 bridgehead atoms. The maximum Gasteiger partial charge on any atom is 0.417 e. The highest BCUT2D eigenvalue weighted by Gasteiger charge is 2.38. The third-order valence-electron chi connectivity index (χ3n) is 2.46. The number of nitro groups is 1. The van der Waals surface area contributed by atoms with Crippen molar-refractivity contribution in [3.8, 4) is 0 Å². The Bertz CT molecular complexity index is 509. The minimum atomic E-state index is -4.71. The molecule has 7 heteroatoms. The van der Waals surface area contributed by atoms with Crippen LogP contribution >= 0.6 is 0 Å². The predicted octanol–water partition coefficient (Wildman–Crippen LogP) is 3.38. The average molecular weight is 261 g/mol. The van der Waals surface area contributed by atoms with E-state index in [1.807, 2.05) is 0 Å². The topological polar surface area (TPSA) is 60.2 Å². The molecule has 18 heavy (non-hydrogen) atoms. The van der Waals surface area contributed by atoms with Crippen LogP contribution in [0.4, 0.5) is 18.9 Å². The summed E-state index contributed by atoms with van der Waals surface area (Å²) in [6.07, 6.45) is -4.75. The van der Waals surface area contributed by atoms with Crippen molar-refractivity contribution in [2.24, 2.45) is 0 Å². The first-order valence-corrected chi connectivity index (χ1v) is 5.08. The summed E-state index contributed by atoms with van der Waals surface area (Å²) in [7, 11) is 0. The zero-order valence-electron chi connectivity index (χ0n) is 9.67. The lowest BCUT2D eigenvalue weighted by atomic mass is 9.95. The van der Waals surface area contributed by atoms with Gasteiger partial charge in [-0.15, -0.1) is 0 Å². The van der Waals surface area contributed by atoms with Gasteiger partial charge in [0, 0.05) is 17.7 Å². The molecule has 0 amide bonds. The fourth-order valence-corrected chi connectivity index (χ4v) is 1.68. The van der Waals surface area contributed by atoms with E-state index >= 15 is 0 Å². The number of Topliss-reactive ketones (excluding diaryl/α,β-unsaturated/α-hetero) is 1. The maximum absolute atomic E-state index is 12.9. The smallest absolute Gasteiger partial charge is 0.294 e. The van der Waals surface area contributed by atoms with Gasteiger partial charge in [-0.1, -0.05) is 6.92 Å². The second-order valence-corrected chi connectivity index (χ2v) is 3.69. The number of halogens is 3. The molecule has 0 atom stereocenters. The summed E-state index contributed by atoms with van der Waals surface area (Å²) in [6.45, 7) is 2.39. The van der Waals surface area contributed by atoms with Gasteiger partial charge in [0.15, 0.2) is 5.78 Å². The number of ketones is 1. The molecule has 0 heterocycles. The first kappa shape index (κ1) is 14.1. The minimum Gasteiger partial charge on any atom is -0.294 e. The van der Waals surface area contributed by atoms with Gasteiger partial charge >= 0.3 is 6.18 Å². The molecule has 1 aromatic rings. The quantitative estimate of drug-likeness (QED) is 0.476. The number of alkyl halides is 3. The fourth-order valence-electron chi connectivity index (χ4n) is 1.68. The van der Waals surface area contributed by atoms with Crippen LogP contribution in [0, 0.1) is 10.1 Å². The van der Waals surface area contributed by atoms with E-state index in [-0.39, 0.29) is 12.0 Å². The van der Waals surface area contributed by atoms with Crippen molar-refractivity contribution in [2.45, 2.75) is 26.4 Å². The summed E-state index contributed by atoms with van der Waals surface area (Å²) in [4.78, 5) is 21.0. The molecule has 0 aliphatic rings. The molecule has 98 valence electrons. The van der Waals surface area contributed by atoms with Crippen molar-refractivity contribution in [3.05, 3.63) is 38.9 Å². The fraction of sp³-hybridized carbons (Fsp3) is 0.364. The Hall–Kier alpha value is -1.92. The van der Waals surface area contributed by atoms with E-state index in [1.54, 1.807) is 0 Å². The number of non-ortho nitro benzene ring substituents is 1. The Morgan fingerprint density at radius 2 is 1.94 bits per heavy atom. The third kappa shape index (κ3) is 2.66. The molecule has 0 fully saturated rings. The van der Waals surface area contributed by atoms with Crippen molar-refractivity contribution in [1.29, 1.82) is 0 Å². The Balaban J connectivity index is 3.67. The van der Waals surface area contributed by atoms with Crippen molar-refractivity contribution in [3.63, 3.8) is 0 Å². The normalized spacial score (nSPS) is 11.4. The Kier molecular flexibility index (Phi) is 3.73. The summed E-state index contributed by atoms with van der Waals surface area (Å²) in [6, 6.07) is 1.53. The summed E-state index contributed by atoms with van der Waals surface area (Å²) in [5.74, 6) is -0.847. The van der Waals surface area contributed by atoms with Crippen LogP contribution in [0.1, 0.15) is 35.3 Å². The van der Waals surface area contributed by atoms with Crippen LogP contribution in [0.2, 0.25) is 0 Å². The highest BCUT2D eigenvalue weighted by molar-refractivity contribution is 5.96. The molecular formula is C11H10F3NO3. The lowest BCUT2D eigenvalue weighted by Crippen LogP contribution is -2.15. The highest BCUT2D eigenvalue weighted by Crippen LogP contribution is 2.37. The number of nitrogens with zero attached hydrogens (tertiary/aromatic N) is 1. The van der Waals surface area contributed by atoms with E-state index in [4.69, 9.17) is 0 Å². The van der Waals surface area contributed by atoms with E-state index in [0.29, 0.717) is 6.07 Å². The van der Waals surface area contributed by atoms with Crippen molar-refractivity contribution in [1.82, 2.24) is 0 Å². The number of aryl methyl sites for hydroxylation is 1. The van der Waals surface area contributed by atoms with Crippen molar-refractivity contribution >= 4 is 11.5 Å². The first-order chi connectivity index (χ1) is 8.18. The third-order valence-corrected chi connectivity index (χ3v) is 2.46. The zero-order valence-corrected chi connectivity index (χ0v) is 9.67. The number of carbonyl (C=O) groups is 1. The van der Waals surface area contributed by atoms with Gasteiger partial charge in [0.05, 0.1) is 10.5 Å². The lowest BCUT2D eigenvalue weighted by molar-refractivity contribution is -0.385. The molecule has 0 saturated carbocycles. The SMILES string of the molecule is CCc1cc([N+](=O)[O-])cc(C(C)=O)c1C(F)(F)F. The van der Waals surface area contributed by atoms with Crippen LogP contribution < -0.4 is 0 Å². The molecule has 4 nitrogen and oxygen atoms in total. The monoisotopic (exact) mass is 261 g/mol. The van der Waals surface area contributed by atoms with Gasteiger partial charge in [-0.2, -0.15) is 13.2 Å². The van der Waals surface area contributed by atoms with Gasteiger partial charge in [-0.25, -0.2) is 0 Å². The summed E-state index contributed by atoms with van der Waals surface area (Å²) >= 11 is 0. The maximum atomic E-state index is 12.9. The number of hydrogen-bond acceptors (Lipinski definition) is 3. The van der Waals surface area contributed by atoms with Crippen LogP contribution in [-0.2, 0) is 12.6 Å². The molecule has 0 aromatic heterocycles. The highest BCUT2D eigenvalue weighted by atomic mass is 19.4. The summed E-state index contributed by atoms with van der Waals surface area (Å²) in [5.41, 5.74) is -2.50. The van der Waals surface area contributed by atoms with Crippen LogP contribution in [0.5, 0.6) is 0 Å². The molecule has 1 rings (SSSR count). The number of nitro benzene ring substituents is 1. The Morgan fingerprint density at radius 3 is 2.28 bits per heavy atom. The molecule has 1 aromatic carbocycles. The Morgan fingerprint density at radius 1 is 1.39 bits per heavy atom. The second kappa shape index (κ2) is 4.75. The molecule has 0 saturated heterocycles. The van der Waals surface area contributed by atoms with Crippen molar-refractivity contribution in [2.75, 3.05) is 0 Å². The van der Waals surface area contributed by atoms with E-state index in [2.05, 4.69) is 0 Å². The Labute approximate surface area is 101 Å². The lowest BCUT2D eigenvalue weighted by Gasteiger charge is -2.15. The van der Waals surface area contributed by atoms with Gasteiger partial charge in [-0.3, -0.25) is 14.9 Å².